The normalized spacial score (nSPS) is 19.4. The van der Waals surface area contributed by atoms with Crippen LogP contribution in [0.5, 0.6) is 0 Å². The highest BCUT2D eigenvalue weighted by molar-refractivity contribution is 8.02. The number of aromatic amines is 2. The second-order valence-corrected chi connectivity index (χ2v) is 9.31. The molecule has 2 atom stereocenters. The summed E-state index contributed by atoms with van der Waals surface area (Å²) in [6.45, 7) is 4.23. The van der Waals surface area contributed by atoms with Crippen LogP contribution in [0.4, 0.5) is 0 Å². The lowest BCUT2D eigenvalue weighted by molar-refractivity contribution is 0.339. The number of nitrogens with one attached hydrogen (secondary N) is 2. The number of imidazole rings is 2. The Morgan fingerprint density at radius 2 is 2.19 bits per heavy atom. The largest absolute Gasteiger partial charge is 0.325 e. The molecule has 5 rings (SSSR count). The highest BCUT2D eigenvalue weighted by Gasteiger charge is 2.41. The Labute approximate surface area is 194 Å². The molecule has 1 aliphatic carbocycles. The summed E-state index contributed by atoms with van der Waals surface area (Å²) >= 11 is 8.09. The number of tetrazole rings is 1. The quantitative estimate of drug-likeness (QED) is 0.407. The lowest BCUT2D eigenvalue weighted by atomic mass is 9.74. The molecule has 0 spiro atoms. The highest BCUT2D eigenvalue weighted by atomic mass is 35.5. The fourth-order valence-electron chi connectivity index (χ4n) is 4.10. The molecular formula is C22H23ClN8S. The number of rotatable bonds is 7. The Morgan fingerprint density at radius 3 is 2.91 bits per heavy atom. The standard InChI is InChI=1S/C22H23ClN8S/c1-3-18-25-19-20(26-18)31(13-24-19)14(2)22(21-27-29-30-28-21)10-8-16(9-11-22)32-12-15-6-4-5-7-17(15)23/h4-10,13-14H,3,11-12H2,1-2H3,(H,25,26)(H,27,28,29,30). The average molecular weight is 467 g/mol. The number of thioether (sulfide) groups is 1. The molecule has 32 heavy (non-hydrogen) atoms. The summed E-state index contributed by atoms with van der Waals surface area (Å²) in [5, 5.41) is 15.8. The SMILES string of the molecule is CCc1nc2c(ncn2C(C)C2(c3nnn[nH]3)C=CC(SCc3ccccc3Cl)=CC2)[nH]1. The van der Waals surface area contributed by atoms with Crippen molar-refractivity contribution in [3.8, 4) is 0 Å². The molecule has 1 aliphatic rings. The van der Waals surface area contributed by atoms with Crippen molar-refractivity contribution in [3.05, 3.63) is 76.0 Å². The molecular weight excluding hydrogens is 444 g/mol. The van der Waals surface area contributed by atoms with Crippen LogP contribution in [0.3, 0.4) is 0 Å². The minimum atomic E-state index is -0.448. The van der Waals surface area contributed by atoms with E-state index in [1.807, 2.05) is 24.5 Å². The maximum absolute atomic E-state index is 6.32. The maximum Gasteiger partial charge on any atom is 0.179 e. The van der Waals surface area contributed by atoms with Crippen molar-refractivity contribution >= 4 is 34.7 Å². The number of aromatic nitrogens is 8. The molecule has 1 aromatic carbocycles. The first-order chi connectivity index (χ1) is 15.6. The Morgan fingerprint density at radius 1 is 1.31 bits per heavy atom. The summed E-state index contributed by atoms with van der Waals surface area (Å²) in [7, 11) is 0. The van der Waals surface area contributed by atoms with Crippen molar-refractivity contribution in [2.75, 3.05) is 0 Å². The van der Waals surface area contributed by atoms with Crippen molar-refractivity contribution < 1.29 is 0 Å². The molecule has 4 aromatic rings. The molecule has 3 aromatic heterocycles. The van der Waals surface area contributed by atoms with Gasteiger partial charge in [0.1, 0.15) is 5.82 Å². The number of fused-ring (bicyclic) bond motifs is 1. The lowest BCUT2D eigenvalue weighted by Gasteiger charge is -2.36. The first kappa shape index (κ1) is 21.0. The minimum Gasteiger partial charge on any atom is -0.325 e. The third-order valence-corrected chi connectivity index (χ3v) is 7.55. The molecule has 0 amide bonds. The Kier molecular flexibility index (Phi) is 5.60. The summed E-state index contributed by atoms with van der Waals surface area (Å²) in [6, 6.07) is 7.94. The summed E-state index contributed by atoms with van der Waals surface area (Å²) in [5.74, 6) is 2.47. The van der Waals surface area contributed by atoms with Crippen molar-refractivity contribution in [1.29, 1.82) is 0 Å². The van der Waals surface area contributed by atoms with Gasteiger partial charge in [-0.1, -0.05) is 55.0 Å². The number of allylic oxidation sites excluding steroid dienone is 3. The van der Waals surface area contributed by atoms with Gasteiger partial charge < -0.3 is 9.55 Å². The maximum atomic E-state index is 6.32. The molecule has 0 saturated carbocycles. The molecule has 0 bridgehead atoms. The van der Waals surface area contributed by atoms with Gasteiger partial charge in [0.05, 0.1) is 17.8 Å². The van der Waals surface area contributed by atoms with E-state index in [-0.39, 0.29) is 6.04 Å². The van der Waals surface area contributed by atoms with Crippen molar-refractivity contribution in [2.45, 2.75) is 43.9 Å². The number of hydrogen-bond donors (Lipinski definition) is 2. The number of halogens is 1. The molecule has 2 N–H and O–H groups in total. The smallest absolute Gasteiger partial charge is 0.179 e. The monoisotopic (exact) mass is 466 g/mol. The van der Waals surface area contributed by atoms with E-state index >= 15 is 0 Å². The van der Waals surface area contributed by atoms with Crippen molar-refractivity contribution in [2.24, 2.45) is 0 Å². The molecule has 8 nitrogen and oxygen atoms in total. The Hall–Kier alpha value is -2.91. The third kappa shape index (κ3) is 3.65. The van der Waals surface area contributed by atoms with Gasteiger partial charge in [-0.05, 0) is 35.4 Å². The fraction of sp³-hybridized carbons (Fsp3) is 0.318. The predicted octanol–water partition coefficient (Wildman–Crippen LogP) is 4.76. The van der Waals surface area contributed by atoms with E-state index < -0.39 is 5.41 Å². The van der Waals surface area contributed by atoms with E-state index in [1.54, 1.807) is 11.8 Å². The zero-order valence-corrected chi connectivity index (χ0v) is 19.4. The van der Waals surface area contributed by atoms with Gasteiger partial charge in [-0.3, -0.25) is 0 Å². The third-order valence-electron chi connectivity index (χ3n) is 6.09. The Bertz CT molecular complexity index is 1290. The van der Waals surface area contributed by atoms with Gasteiger partial charge in [0.25, 0.3) is 0 Å². The van der Waals surface area contributed by atoms with E-state index in [2.05, 4.69) is 73.3 Å². The van der Waals surface area contributed by atoms with Gasteiger partial charge in [0.2, 0.25) is 0 Å². The molecule has 0 saturated heterocycles. The van der Waals surface area contributed by atoms with Gasteiger partial charge in [-0.25, -0.2) is 15.1 Å². The van der Waals surface area contributed by atoms with Crippen LogP contribution in [0.15, 0.2) is 53.7 Å². The topological polar surface area (TPSA) is 101 Å². The van der Waals surface area contributed by atoms with Crippen molar-refractivity contribution in [1.82, 2.24) is 40.1 Å². The molecule has 2 unspecified atom stereocenters. The first-order valence-electron chi connectivity index (χ1n) is 10.5. The summed E-state index contributed by atoms with van der Waals surface area (Å²) in [4.78, 5) is 13.7. The van der Waals surface area contributed by atoms with Gasteiger partial charge in [0.15, 0.2) is 17.1 Å². The van der Waals surface area contributed by atoms with Crippen LogP contribution in [0.2, 0.25) is 5.02 Å². The molecule has 0 radical (unpaired) electrons. The van der Waals surface area contributed by atoms with Crippen LogP contribution >= 0.6 is 23.4 Å². The van der Waals surface area contributed by atoms with Crippen LogP contribution in [-0.2, 0) is 17.6 Å². The van der Waals surface area contributed by atoms with Crippen LogP contribution in [-0.4, -0.2) is 40.1 Å². The highest BCUT2D eigenvalue weighted by Crippen LogP contribution is 2.44. The second kappa shape index (κ2) is 8.55. The second-order valence-electron chi connectivity index (χ2n) is 7.85. The summed E-state index contributed by atoms with van der Waals surface area (Å²) < 4.78 is 2.10. The first-order valence-corrected chi connectivity index (χ1v) is 11.9. The predicted molar refractivity (Wildman–Crippen MR) is 126 cm³/mol. The summed E-state index contributed by atoms with van der Waals surface area (Å²) in [5.41, 5.74) is 2.32. The molecule has 0 fully saturated rings. The number of hydrogen-bond acceptors (Lipinski definition) is 6. The number of nitrogens with zero attached hydrogens (tertiary/aromatic N) is 6. The Balaban J connectivity index is 1.43. The van der Waals surface area contributed by atoms with Gasteiger partial charge in [-0.2, -0.15) is 0 Å². The average Bonchev–Trinajstić information content (AvgIpc) is 3.56. The van der Waals surface area contributed by atoms with Gasteiger partial charge >= 0.3 is 0 Å². The summed E-state index contributed by atoms with van der Waals surface area (Å²) in [6.07, 6.45) is 10.0. The van der Waals surface area contributed by atoms with Gasteiger partial charge in [0, 0.05) is 22.1 Å². The number of H-pyrrole nitrogens is 2. The van der Waals surface area contributed by atoms with Crippen LogP contribution < -0.4 is 0 Å². The minimum absolute atomic E-state index is 0.0159. The molecule has 3 heterocycles. The molecule has 10 heteroatoms. The van der Waals surface area contributed by atoms with Crippen LogP contribution in [0.1, 0.15) is 43.5 Å². The van der Waals surface area contributed by atoms with Crippen LogP contribution in [0, 0.1) is 0 Å². The van der Waals surface area contributed by atoms with Crippen LogP contribution in [0.25, 0.3) is 11.3 Å². The van der Waals surface area contributed by atoms with Crippen molar-refractivity contribution in [3.63, 3.8) is 0 Å². The van der Waals surface area contributed by atoms with E-state index in [0.29, 0.717) is 0 Å². The fourth-order valence-corrected chi connectivity index (χ4v) is 5.33. The zero-order valence-electron chi connectivity index (χ0n) is 17.8. The van der Waals surface area contributed by atoms with E-state index in [9.17, 15) is 0 Å². The number of aryl methyl sites for hydroxylation is 1. The van der Waals surface area contributed by atoms with E-state index in [0.717, 1.165) is 52.1 Å². The van der Waals surface area contributed by atoms with Gasteiger partial charge in [-0.15, -0.1) is 16.9 Å². The van der Waals surface area contributed by atoms with E-state index in [4.69, 9.17) is 16.6 Å². The van der Waals surface area contributed by atoms with E-state index in [1.165, 1.54) is 4.91 Å². The number of benzene rings is 1. The zero-order chi connectivity index (χ0) is 22.1. The molecule has 164 valence electrons. The molecule has 0 aliphatic heterocycles. The lowest BCUT2D eigenvalue weighted by Crippen LogP contribution is -2.35.